The molecule has 0 aromatic heterocycles. The topological polar surface area (TPSA) is 75.4 Å². The number of carbonyl (C=O) groups excluding carboxylic acids is 2. The van der Waals surface area contributed by atoms with Crippen LogP contribution >= 0.6 is 0 Å². The second kappa shape index (κ2) is 7.48. The van der Waals surface area contributed by atoms with Crippen molar-refractivity contribution < 1.29 is 9.59 Å². The van der Waals surface area contributed by atoms with E-state index in [0.717, 1.165) is 6.42 Å². The van der Waals surface area contributed by atoms with Crippen molar-refractivity contribution >= 4 is 11.8 Å². The van der Waals surface area contributed by atoms with Gasteiger partial charge in [0.2, 0.25) is 11.8 Å². The van der Waals surface area contributed by atoms with Gasteiger partial charge >= 0.3 is 0 Å². The summed E-state index contributed by atoms with van der Waals surface area (Å²) in [5, 5.41) is 2.65. The Morgan fingerprint density at radius 3 is 2.21 bits per heavy atom. The van der Waals surface area contributed by atoms with Crippen LogP contribution in [0.3, 0.4) is 0 Å². The van der Waals surface area contributed by atoms with Gasteiger partial charge < -0.3 is 16.0 Å². The van der Waals surface area contributed by atoms with Crippen LogP contribution in [0.15, 0.2) is 0 Å². The molecule has 1 atom stereocenters. The molecule has 5 heteroatoms. The molecule has 0 aliphatic carbocycles. The third-order valence-corrected chi connectivity index (χ3v) is 3.16. The molecule has 0 radical (unpaired) electrons. The number of carbonyl (C=O) groups is 2. The standard InChI is InChI=1S/C14H29N3O2/c1-10(2)11(15)7-8-17(6)12(18)9-16-13(19)14(3,4)5/h10-11H,7-9,15H2,1-6H3,(H,16,19). The highest BCUT2D eigenvalue weighted by Gasteiger charge is 2.22. The van der Waals surface area contributed by atoms with E-state index < -0.39 is 5.41 Å². The van der Waals surface area contributed by atoms with E-state index in [1.54, 1.807) is 11.9 Å². The van der Waals surface area contributed by atoms with Gasteiger partial charge in [0.25, 0.3) is 0 Å². The van der Waals surface area contributed by atoms with Gasteiger partial charge in [-0.2, -0.15) is 0 Å². The largest absolute Gasteiger partial charge is 0.347 e. The Labute approximate surface area is 116 Å². The highest BCUT2D eigenvalue weighted by Crippen LogP contribution is 2.12. The van der Waals surface area contributed by atoms with Crippen molar-refractivity contribution in [2.24, 2.45) is 17.1 Å². The molecular weight excluding hydrogens is 242 g/mol. The average Bonchev–Trinajstić information content (AvgIpc) is 2.30. The van der Waals surface area contributed by atoms with Crippen LogP contribution in [0.2, 0.25) is 0 Å². The molecule has 5 nitrogen and oxygen atoms in total. The van der Waals surface area contributed by atoms with Crippen LogP contribution in [0.25, 0.3) is 0 Å². The molecule has 0 aromatic rings. The Hall–Kier alpha value is -1.10. The number of rotatable bonds is 6. The molecule has 0 aromatic carbocycles. The molecule has 1 unspecified atom stereocenters. The number of nitrogens with one attached hydrogen (secondary N) is 1. The van der Waals surface area contributed by atoms with Crippen LogP contribution in [0, 0.1) is 11.3 Å². The van der Waals surface area contributed by atoms with Crippen molar-refractivity contribution in [3.8, 4) is 0 Å². The zero-order valence-corrected chi connectivity index (χ0v) is 13.1. The Morgan fingerprint density at radius 1 is 1.26 bits per heavy atom. The first kappa shape index (κ1) is 17.9. The number of nitrogens with two attached hydrogens (primary N) is 1. The van der Waals surface area contributed by atoms with Gasteiger partial charge in [0.1, 0.15) is 0 Å². The Kier molecular flexibility index (Phi) is 7.05. The summed E-state index contributed by atoms with van der Waals surface area (Å²) < 4.78 is 0. The van der Waals surface area contributed by atoms with Crippen LogP contribution in [-0.4, -0.2) is 42.9 Å². The molecule has 112 valence electrons. The molecule has 0 aliphatic heterocycles. The van der Waals surface area contributed by atoms with Crippen LogP contribution < -0.4 is 11.1 Å². The highest BCUT2D eigenvalue weighted by atomic mass is 16.2. The Morgan fingerprint density at radius 2 is 1.79 bits per heavy atom. The maximum Gasteiger partial charge on any atom is 0.241 e. The minimum atomic E-state index is -0.473. The van der Waals surface area contributed by atoms with E-state index in [-0.39, 0.29) is 24.4 Å². The number of amides is 2. The van der Waals surface area contributed by atoms with Gasteiger partial charge in [-0.3, -0.25) is 9.59 Å². The second-order valence-corrected chi connectivity index (χ2v) is 6.44. The molecule has 2 amide bonds. The molecule has 0 saturated heterocycles. The van der Waals surface area contributed by atoms with Crippen molar-refractivity contribution in [3.63, 3.8) is 0 Å². The van der Waals surface area contributed by atoms with Crippen molar-refractivity contribution in [2.45, 2.75) is 47.1 Å². The first-order valence-corrected chi connectivity index (χ1v) is 6.83. The smallest absolute Gasteiger partial charge is 0.241 e. The maximum atomic E-state index is 11.8. The molecule has 0 bridgehead atoms. The van der Waals surface area contributed by atoms with Gasteiger partial charge in [0.05, 0.1) is 6.54 Å². The lowest BCUT2D eigenvalue weighted by atomic mass is 9.96. The van der Waals surface area contributed by atoms with E-state index in [1.807, 2.05) is 20.8 Å². The summed E-state index contributed by atoms with van der Waals surface area (Å²) in [5.74, 6) is 0.200. The van der Waals surface area contributed by atoms with E-state index in [4.69, 9.17) is 5.73 Å². The first-order valence-electron chi connectivity index (χ1n) is 6.83. The predicted molar refractivity (Wildman–Crippen MR) is 77.5 cm³/mol. The van der Waals surface area contributed by atoms with Crippen molar-refractivity contribution in [3.05, 3.63) is 0 Å². The first-order chi connectivity index (χ1) is 8.55. The number of likely N-dealkylation sites (N-methyl/N-ethyl adjacent to an activating group) is 1. The SMILES string of the molecule is CC(C)C(N)CCN(C)C(=O)CNC(=O)C(C)(C)C. The van der Waals surface area contributed by atoms with E-state index in [0.29, 0.717) is 12.5 Å². The lowest BCUT2D eigenvalue weighted by Crippen LogP contribution is -2.43. The molecule has 19 heavy (non-hydrogen) atoms. The number of nitrogens with zero attached hydrogens (tertiary/aromatic N) is 1. The number of hydrogen-bond acceptors (Lipinski definition) is 3. The van der Waals surface area contributed by atoms with E-state index in [2.05, 4.69) is 19.2 Å². The van der Waals surface area contributed by atoms with Crippen molar-refractivity contribution in [1.82, 2.24) is 10.2 Å². The molecule has 3 N–H and O–H groups in total. The molecule has 0 spiro atoms. The molecular formula is C14H29N3O2. The third-order valence-electron chi connectivity index (χ3n) is 3.16. The van der Waals surface area contributed by atoms with Gasteiger partial charge in [-0.25, -0.2) is 0 Å². The molecule has 0 saturated carbocycles. The molecule has 0 rings (SSSR count). The third kappa shape index (κ3) is 7.15. The fourth-order valence-electron chi connectivity index (χ4n) is 1.36. The summed E-state index contributed by atoms with van der Waals surface area (Å²) in [6, 6.07) is 0.0967. The Bertz CT molecular complexity index is 308. The summed E-state index contributed by atoms with van der Waals surface area (Å²) in [6.45, 7) is 10.2. The van der Waals surface area contributed by atoms with E-state index in [1.165, 1.54) is 0 Å². The summed E-state index contributed by atoms with van der Waals surface area (Å²) >= 11 is 0. The zero-order valence-electron chi connectivity index (χ0n) is 13.1. The van der Waals surface area contributed by atoms with Crippen molar-refractivity contribution in [2.75, 3.05) is 20.1 Å². The van der Waals surface area contributed by atoms with E-state index >= 15 is 0 Å². The van der Waals surface area contributed by atoms with Crippen LogP contribution in [-0.2, 0) is 9.59 Å². The quantitative estimate of drug-likeness (QED) is 0.756. The zero-order chi connectivity index (χ0) is 15.2. The van der Waals surface area contributed by atoms with Crippen molar-refractivity contribution in [1.29, 1.82) is 0 Å². The monoisotopic (exact) mass is 271 g/mol. The summed E-state index contributed by atoms with van der Waals surface area (Å²) in [7, 11) is 1.73. The highest BCUT2D eigenvalue weighted by molar-refractivity contribution is 5.87. The van der Waals surface area contributed by atoms with Gasteiger partial charge in [-0.05, 0) is 12.3 Å². The second-order valence-electron chi connectivity index (χ2n) is 6.44. The summed E-state index contributed by atoms with van der Waals surface area (Å²) in [5.41, 5.74) is 5.46. The molecule has 0 aliphatic rings. The fourth-order valence-corrected chi connectivity index (χ4v) is 1.36. The van der Waals surface area contributed by atoms with Crippen LogP contribution in [0.1, 0.15) is 41.0 Å². The molecule has 0 heterocycles. The number of hydrogen-bond donors (Lipinski definition) is 2. The molecule has 0 fully saturated rings. The maximum absolute atomic E-state index is 11.8. The predicted octanol–water partition coefficient (Wildman–Crippen LogP) is 0.981. The fraction of sp³-hybridized carbons (Fsp3) is 0.857. The summed E-state index contributed by atoms with van der Waals surface area (Å²) in [4.78, 5) is 25.1. The van der Waals surface area contributed by atoms with Gasteiger partial charge in [0.15, 0.2) is 0 Å². The Balaban J connectivity index is 4.05. The van der Waals surface area contributed by atoms with Crippen LogP contribution in [0.5, 0.6) is 0 Å². The lowest BCUT2D eigenvalue weighted by Gasteiger charge is -2.23. The van der Waals surface area contributed by atoms with Crippen LogP contribution in [0.4, 0.5) is 0 Å². The van der Waals surface area contributed by atoms with Gasteiger partial charge in [-0.15, -0.1) is 0 Å². The van der Waals surface area contributed by atoms with Gasteiger partial charge in [0, 0.05) is 25.0 Å². The lowest BCUT2D eigenvalue weighted by molar-refractivity contribution is -0.134. The van der Waals surface area contributed by atoms with Gasteiger partial charge in [-0.1, -0.05) is 34.6 Å². The van der Waals surface area contributed by atoms with E-state index in [9.17, 15) is 9.59 Å². The summed E-state index contributed by atoms with van der Waals surface area (Å²) in [6.07, 6.45) is 0.771. The average molecular weight is 271 g/mol. The normalized spacial score (nSPS) is 13.3. The minimum Gasteiger partial charge on any atom is -0.347 e. The minimum absolute atomic E-state index is 0.0452.